The predicted octanol–water partition coefficient (Wildman–Crippen LogP) is -0.587. The van der Waals surface area contributed by atoms with Crippen LogP contribution in [-0.4, -0.2) is 26.0 Å². The van der Waals surface area contributed by atoms with E-state index in [2.05, 4.69) is 5.32 Å². The normalized spacial score (nSPS) is 11.1. The maximum atomic E-state index is 11.0. The highest BCUT2D eigenvalue weighted by Gasteiger charge is 2.10. The van der Waals surface area contributed by atoms with Crippen molar-refractivity contribution in [3.05, 3.63) is 18.2 Å². The quantitative estimate of drug-likeness (QED) is 0.523. The summed E-state index contributed by atoms with van der Waals surface area (Å²) in [6, 6.07) is 3.77. The molecule has 0 amide bonds. The number of nitrogens with two attached hydrogens (primary N) is 2. The van der Waals surface area contributed by atoms with Gasteiger partial charge in [0.2, 0.25) is 10.0 Å². The highest BCUT2D eigenvalue weighted by Crippen LogP contribution is 2.21. The van der Waals surface area contributed by atoms with Crippen LogP contribution < -0.4 is 16.2 Å². The Labute approximate surface area is 92.1 Å². The first-order chi connectivity index (χ1) is 7.30. The smallest absolute Gasteiger partial charge is 0.322 e. The number of primary sulfonamides is 1. The summed E-state index contributed by atoms with van der Waals surface area (Å²) in [6.45, 7) is -0.307. The number of carbonyl (C=O) groups is 1. The molecule has 0 atom stereocenters. The van der Waals surface area contributed by atoms with Crippen LogP contribution in [-0.2, 0) is 14.8 Å². The summed E-state index contributed by atoms with van der Waals surface area (Å²) in [4.78, 5) is 10.2. The van der Waals surface area contributed by atoms with Crippen LogP contribution in [0.25, 0.3) is 0 Å². The summed E-state index contributed by atoms with van der Waals surface area (Å²) < 4.78 is 21.9. The molecule has 0 spiro atoms. The SMILES string of the molecule is Nc1cc(S(N)(=O)=O)ccc1NCC(=O)O. The minimum atomic E-state index is -3.80. The Morgan fingerprint density at radius 3 is 2.50 bits per heavy atom. The van der Waals surface area contributed by atoms with Gasteiger partial charge < -0.3 is 16.2 Å². The lowest BCUT2D eigenvalue weighted by Crippen LogP contribution is -2.15. The highest BCUT2D eigenvalue weighted by molar-refractivity contribution is 7.89. The van der Waals surface area contributed by atoms with Crippen LogP contribution in [0.5, 0.6) is 0 Å². The molecule has 0 aliphatic rings. The molecule has 0 aromatic heterocycles. The van der Waals surface area contributed by atoms with Crippen molar-refractivity contribution in [1.82, 2.24) is 0 Å². The summed E-state index contributed by atoms with van der Waals surface area (Å²) in [5.41, 5.74) is 5.99. The molecule has 1 aromatic carbocycles. The monoisotopic (exact) mass is 245 g/mol. The second kappa shape index (κ2) is 4.37. The first-order valence-electron chi connectivity index (χ1n) is 4.18. The van der Waals surface area contributed by atoms with Crippen molar-refractivity contribution < 1.29 is 18.3 Å². The first kappa shape index (κ1) is 12.3. The number of carboxylic acids is 1. The third kappa shape index (κ3) is 3.11. The lowest BCUT2D eigenvalue weighted by atomic mass is 10.2. The van der Waals surface area contributed by atoms with E-state index in [0.29, 0.717) is 5.69 Å². The Hall–Kier alpha value is -1.80. The van der Waals surface area contributed by atoms with Gasteiger partial charge in [0, 0.05) is 0 Å². The van der Waals surface area contributed by atoms with Crippen molar-refractivity contribution in [3.8, 4) is 0 Å². The molecule has 88 valence electrons. The second-order valence-corrected chi connectivity index (χ2v) is 4.60. The standard InChI is InChI=1S/C8H11N3O4S/c9-6-3-5(16(10,14)15)1-2-7(6)11-4-8(12)13/h1-3,11H,4,9H2,(H,12,13)(H2,10,14,15). The van der Waals surface area contributed by atoms with E-state index < -0.39 is 16.0 Å². The largest absolute Gasteiger partial charge is 0.480 e. The average molecular weight is 245 g/mol. The molecule has 6 N–H and O–H groups in total. The number of nitrogen functional groups attached to an aromatic ring is 1. The predicted molar refractivity (Wildman–Crippen MR) is 58.4 cm³/mol. The number of sulfonamides is 1. The molecule has 0 heterocycles. The topological polar surface area (TPSA) is 136 Å². The van der Waals surface area contributed by atoms with Crippen molar-refractivity contribution in [1.29, 1.82) is 0 Å². The van der Waals surface area contributed by atoms with E-state index >= 15 is 0 Å². The van der Waals surface area contributed by atoms with Crippen LogP contribution in [0.15, 0.2) is 23.1 Å². The molecular formula is C8H11N3O4S. The van der Waals surface area contributed by atoms with E-state index in [9.17, 15) is 13.2 Å². The maximum Gasteiger partial charge on any atom is 0.322 e. The number of benzene rings is 1. The fourth-order valence-corrected chi connectivity index (χ4v) is 1.60. The zero-order chi connectivity index (χ0) is 12.3. The molecule has 16 heavy (non-hydrogen) atoms. The van der Waals surface area contributed by atoms with E-state index in [-0.39, 0.29) is 17.1 Å². The Morgan fingerprint density at radius 1 is 1.44 bits per heavy atom. The van der Waals surface area contributed by atoms with Crippen LogP contribution in [0.4, 0.5) is 11.4 Å². The van der Waals surface area contributed by atoms with E-state index in [1.165, 1.54) is 18.2 Å². The van der Waals surface area contributed by atoms with E-state index in [4.69, 9.17) is 16.0 Å². The van der Waals surface area contributed by atoms with E-state index in [1.807, 2.05) is 0 Å². The molecule has 0 bridgehead atoms. The minimum Gasteiger partial charge on any atom is -0.480 e. The Bertz CT molecular complexity index is 512. The molecule has 0 unspecified atom stereocenters. The van der Waals surface area contributed by atoms with E-state index in [0.717, 1.165) is 0 Å². The fourth-order valence-electron chi connectivity index (χ4n) is 1.05. The van der Waals surface area contributed by atoms with Gasteiger partial charge in [0.25, 0.3) is 0 Å². The number of rotatable bonds is 4. The maximum absolute atomic E-state index is 11.0. The lowest BCUT2D eigenvalue weighted by Gasteiger charge is -2.08. The van der Waals surface area contributed by atoms with Crippen LogP contribution in [0, 0.1) is 0 Å². The molecule has 7 nitrogen and oxygen atoms in total. The molecule has 0 aliphatic heterocycles. The summed E-state index contributed by atoms with van der Waals surface area (Å²) in [7, 11) is -3.80. The molecule has 0 fully saturated rings. The Kier molecular flexibility index (Phi) is 3.35. The highest BCUT2D eigenvalue weighted by atomic mass is 32.2. The average Bonchev–Trinajstić information content (AvgIpc) is 2.14. The van der Waals surface area contributed by atoms with Gasteiger partial charge in [-0.1, -0.05) is 0 Å². The van der Waals surface area contributed by atoms with Crippen LogP contribution in [0.2, 0.25) is 0 Å². The molecule has 0 saturated carbocycles. The molecule has 0 radical (unpaired) electrons. The zero-order valence-electron chi connectivity index (χ0n) is 8.17. The van der Waals surface area contributed by atoms with Crippen molar-refractivity contribution >= 4 is 27.4 Å². The molecule has 1 rings (SSSR count). The van der Waals surface area contributed by atoms with Crippen LogP contribution in [0.3, 0.4) is 0 Å². The summed E-state index contributed by atoms with van der Waals surface area (Å²) >= 11 is 0. The van der Waals surface area contributed by atoms with Gasteiger partial charge in [-0.15, -0.1) is 0 Å². The molecular weight excluding hydrogens is 234 g/mol. The Balaban J connectivity index is 2.96. The van der Waals surface area contributed by atoms with Crippen molar-refractivity contribution in [2.24, 2.45) is 5.14 Å². The van der Waals surface area contributed by atoms with Crippen molar-refractivity contribution in [2.45, 2.75) is 4.90 Å². The van der Waals surface area contributed by atoms with Gasteiger partial charge in [-0.2, -0.15) is 0 Å². The van der Waals surface area contributed by atoms with Crippen LogP contribution in [0.1, 0.15) is 0 Å². The zero-order valence-corrected chi connectivity index (χ0v) is 8.99. The number of aliphatic carboxylic acids is 1. The van der Waals surface area contributed by atoms with Gasteiger partial charge in [0.05, 0.1) is 16.3 Å². The molecule has 0 aliphatic carbocycles. The lowest BCUT2D eigenvalue weighted by molar-refractivity contribution is -0.134. The number of hydrogen-bond acceptors (Lipinski definition) is 5. The second-order valence-electron chi connectivity index (χ2n) is 3.04. The molecule has 1 aromatic rings. The van der Waals surface area contributed by atoms with Crippen molar-refractivity contribution in [2.75, 3.05) is 17.6 Å². The summed E-state index contributed by atoms with van der Waals surface area (Å²) in [5, 5.41) is 15.9. The third-order valence-corrected chi connectivity index (χ3v) is 2.69. The van der Waals surface area contributed by atoms with Gasteiger partial charge in [0.1, 0.15) is 6.54 Å². The molecule has 0 saturated heterocycles. The number of carboxylic acid groups (broad SMARTS) is 1. The van der Waals surface area contributed by atoms with Gasteiger partial charge in [-0.05, 0) is 18.2 Å². The Morgan fingerprint density at radius 2 is 2.06 bits per heavy atom. The van der Waals surface area contributed by atoms with Gasteiger partial charge in [-0.3, -0.25) is 4.79 Å². The minimum absolute atomic E-state index is 0.118. The number of nitrogens with one attached hydrogen (secondary N) is 1. The fraction of sp³-hybridized carbons (Fsp3) is 0.125. The van der Waals surface area contributed by atoms with Gasteiger partial charge in [-0.25, -0.2) is 13.6 Å². The summed E-state index contributed by atoms with van der Waals surface area (Å²) in [5.74, 6) is -1.05. The van der Waals surface area contributed by atoms with Crippen molar-refractivity contribution in [3.63, 3.8) is 0 Å². The first-order valence-corrected chi connectivity index (χ1v) is 5.73. The third-order valence-electron chi connectivity index (χ3n) is 1.78. The van der Waals surface area contributed by atoms with Gasteiger partial charge >= 0.3 is 5.97 Å². The molecule has 8 heteroatoms. The number of anilines is 2. The van der Waals surface area contributed by atoms with Crippen LogP contribution >= 0.6 is 0 Å². The summed E-state index contributed by atoms with van der Waals surface area (Å²) in [6.07, 6.45) is 0. The van der Waals surface area contributed by atoms with E-state index in [1.54, 1.807) is 0 Å². The number of hydrogen-bond donors (Lipinski definition) is 4. The van der Waals surface area contributed by atoms with Gasteiger partial charge in [0.15, 0.2) is 0 Å².